The molecule has 0 aliphatic carbocycles. The molecule has 104 valence electrons. The van der Waals surface area contributed by atoms with Crippen molar-refractivity contribution in [3.05, 3.63) is 59.7 Å². The third-order valence-corrected chi connectivity index (χ3v) is 2.89. The van der Waals surface area contributed by atoms with Crippen LogP contribution in [0.2, 0.25) is 0 Å². The molecule has 0 aliphatic heterocycles. The predicted molar refractivity (Wildman–Crippen MR) is 80.0 cm³/mol. The Morgan fingerprint density at radius 3 is 2.70 bits per heavy atom. The van der Waals surface area contributed by atoms with Crippen molar-refractivity contribution in [1.82, 2.24) is 5.32 Å². The van der Waals surface area contributed by atoms with Crippen LogP contribution in [-0.2, 0) is 6.54 Å². The number of urea groups is 1. The number of rotatable bonds is 4. The zero-order valence-corrected chi connectivity index (χ0v) is 11.6. The van der Waals surface area contributed by atoms with Crippen LogP contribution in [0.1, 0.15) is 11.1 Å². The number of carbonyl (C=O) groups excluding carboxylic acids is 1. The highest BCUT2D eigenvalue weighted by molar-refractivity contribution is 5.90. The molecule has 0 spiro atoms. The van der Waals surface area contributed by atoms with E-state index in [1.807, 2.05) is 43.3 Å². The summed E-state index contributed by atoms with van der Waals surface area (Å²) in [4.78, 5) is 11.9. The van der Waals surface area contributed by atoms with E-state index in [0.29, 0.717) is 18.0 Å². The highest BCUT2D eigenvalue weighted by atomic mass is 16.5. The standard InChI is InChI=1S/C16H18N2O2/c1-12-6-5-7-13(10-12)11-17-16(19)18-14-8-3-4-9-15(14)20-2/h3-10H,11H2,1-2H3,(H2,17,18,19). The number of ether oxygens (including phenoxy) is 1. The topological polar surface area (TPSA) is 50.4 Å². The molecule has 0 aromatic heterocycles. The Morgan fingerprint density at radius 1 is 1.15 bits per heavy atom. The summed E-state index contributed by atoms with van der Waals surface area (Å²) in [6.45, 7) is 2.51. The summed E-state index contributed by atoms with van der Waals surface area (Å²) >= 11 is 0. The second kappa shape index (κ2) is 6.61. The van der Waals surface area contributed by atoms with Gasteiger partial charge in [0.25, 0.3) is 0 Å². The van der Waals surface area contributed by atoms with E-state index in [1.165, 1.54) is 5.56 Å². The van der Waals surface area contributed by atoms with Crippen molar-refractivity contribution in [2.75, 3.05) is 12.4 Å². The summed E-state index contributed by atoms with van der Waals surface area (Å²) in [6, 6.07) is 15.1. The first-order valence-corrected chi connectivity index (χ1v) is 6.42. The summed E-state index contributed by atoms with van der Waals surface area (Å²) in [5, 5.41) is 5.59. The molecule has 2 amide bonds. The molecule has 0 radical (unpaired) electrons. The predicted octanol–water partition coefficient (Wildman–Crippen LogP) is 3.33. The van der Waals surface area contributed by atoms with Crippen LogP contribution in [0.4, 0.5) is 10.5 Å². The molecule has 2 aromatic carbocycles. The number of nitrogens with one attached hydrogen (secondary N) is 2. The average Bonchev–Trinajstić information content (AvgIpc) is 2.46. The molecule has 20 heavy (non-hydrogen) atoms. The molecule has 0 saturated heterocycles. The molecular weight excluding hydrogens is 252 g/mol. The molecular formula is C16H18N2O2. The van der Waals surface area contributed by atoms with Crippen LogP contribution in [0, 0.1) is 6.92 Å². The fourth-order valence-corrected chi connectivity index (χ4v) is 1.92. The lowest BCUT2D eigenvalue weighted by molar-refractivity contribution is 0.251. The van der Waals surface area contributed by atoms with Gasteiger partial charge in [-0.25, -0.2) is 4.79 Å². The monoisotopic (exact) mass is 270 g/mol. The maximum absolute atomic E-state index is 11.9. The average molecular weight is 270 g/mol. The summed E-state index contributed by atoms with van der Waals surface area (Å²) in [7, 11) is 1.57. The zero-order valence-electron chi connectivity index (χ0n) is 11.6. The van der Waals surface area contributed by atoms with Gasteiger partial charge in [0, 0.05) is 6.54 Å². The van der Waals surface area contributed by atoms with E-state index in [4.69, 9.17) is 4.74 Å². The van der Waals surface area contributed by atoms with Gasteiger partial charge in [0.05, 0.1) is 12.8 Å². The molecule has 0 atom stereocenters. The first-order chi connectivity index (χ1) is 9.69. The molecule has 2 aromatic rings. The highest BCUT2D eigenvalue weighted by Crippen LogP contribution is 2.22. The lowest BCUT2D eigenvalue weighted by Crippen LogP contribution is -2.28. The van der Waals surface area contributed by atoms with Crippen molar-refractivity contribution in [3.63, 3.8) is 0 Å². The van der Waals surface area contributed by atoms with Gasteiger partial charge in [-0.1, -0.05) is 42.0 Å². The molecule has 0 saturated carbocycles. The molecule has 4 nitrogen and oxygen atoms in total. The van der Waals surface area contributed by atoms with E-state index in [2.05, 4.69) is 10.6 Å². The van der Waals surface area contributed by atoms with Crippen molar-refractivity contribution in [1.29, 1.82) is 0 Å². The van der Waals surface area contributed by atoms with E-state index in [0.717, 1.165) is 5.56 Å². The van der Waals surface area contributed by atoms with Gasteiger partial charge >= 0.3 is 6.03 Å². The Bertz CT molecular complexity index is 597. The maximum Gasteiger partial charge on any atom is 0.319 e. The van der Waals surface area contributed by atoms with Gasteiger partial charge in [0.15, 0.2) is 0 Å². The number of carbonyl (C=O) groups is 1. The minimum Gasteiger partial charge on any atom is -0.495 e. The van der Waals surface area contributed by atoms with Crippen LogP contribution in [0.5, 0.6) is 5.75 Å². The summed E-state index contributed by atoms with van der Waals surface area (Å²) in [5.74, 6) is 0.637. The van der Waals surface area contributed by atoms with Crippen LogP contribution < -0.4 is 15.4 Å². The minimum absolute atomic E-state index is 0.254. The van der Waals surface area contributed by atoms with Gasteiger partial charge in [0.2, 0.25) is 0 Å². The molecule has 2 rings (SSSR count). The van der Waals surface area contributed by atoms with E-state index in [1.54, 1.807) is 19.2 Å². The summed E-state index contributed by atoms with van der Waals surface area (Å²) in [6.07, 6.45) is 0. The molecule has 0 unspecified atom stereocenters. The quantitative estimate of drug-likeness (QED) is 0.895. The van der Waals surface area contributed by atoms with Gasteiger partial charge in [-0.3, -0.25) is 0 Å². The van der Waals surface area contributed by atoms with Crippen LogP contribution in [-0.4, -0.2) is 13.1 Å². The Kier molecular flexibility index (Phi) is 4.60. The SMILES string of the molecule is COc1ccccc1NC(=O)NCc1cccc(C)c1. The van der Waals surface area contributed by atoms with Crippen LogP contribution in [0.15, 0.2) is 48.5 Å². The number of hydrogen-bond donors (Lipinski definition) is 2. The lowest BCUT2D eigenvalue weighted by Gasteiger charge is -2.11. The summed E-state index contributed by atoms with van der Waals surface area (Å²) < 4.78 is 5.18. The first-order valence-electron chi connectivity index (χ1n) is 6.42. The maximum atomic E-state index is 11.9. The van der Waals surface area contributed by atoms with Gasteiger partial charge in [-0.2, -0.15) is 0 Å². The van der Waals surface area contributed by atoms with Crippen molar-refractivity contribution < 1.29 is 9.53 Å². The van der Waals surface area contributed by atoms with Gasteiger partial charge in [-0.05, 0) is 24.6 Å². The molecule has 0 heterocycles. The number of methoxy groups -OCH3 is 1. The van der Waals surface area contributed by atoms with E-state index in [9.17, 15) is 4.79 Å². The number of anilines is 1. The molecule has 0 fully saturated rings. The number of amides is 2. The van der Waals surface area contributed by atoms with Crippen molar-refractivity contribution in [2.24, 2.45) is 0 Å². The Labute approximate surface area is 118 Å². The Hall–Kier alpha value is -2.49. The van der Waals surface area contributed by atoms with Crippen LogP contribution >= 0.6 is 0 Å². The van der Waals surface area contributed by atoms with E-state index >= 15 is 0 Å². The number of para-hydroxylation sites is 2. The lowest BCUT2D eigenvalue weighted by atomic mass is 10.1. The molecule has 2 N–H and O–H groups in total. The van der Waals surface area contributed by atoms with Crippen LogP contribution in [0.3, 0.4) is 0 Å². The Morgan fingerprint density at radius 2 is 1.95 bits per heavy atom. The molecule has 4 heteroatoms. The number of aryl methyl sites for hydroxylation is 1. The largest absolute Gasteiger partial charge is 0.495 e. The second-order valence-electron chi connectivity index (χ2n) is 4.50. The number of hydrogen-bond acceptors (Lipinski definition) is 2. The second-order valence-corrected chi connectivity index (χ2v) is 4.50. The first kappa shape index (κ1) is 13.9. The number of benzene rings is 2. The highest BCUT2D eigenvalue weighted by Gasteiger charge is 2.06. The third kappa shape index (κ3) is 3.75. The van der Waals surface area contributed by atoms with E-state index < -0.39 is 0 Å². The smallest absolute Gasteiger partial charge is 0.319 e. The van der Waals surface area contributed by atoms with Gasteiger partial charge in [0.1, 0.15) is 5.75 Å². The molecule has 0 aliphatic rings. The zero-order chi connectivity index (χ0) is 14.4. The van der Waals surface area contributed by atoms with E-state index in [-0.39, 0.29) is 6.03 Å². The van der Waals surface area contributed by atoms with Crippen molar-refractivity contribution in [3.8, 4) is 5.75 Å². The normalized spacial score (nSPS) is 9.90. The fourth-order valence-electron chi connectivity index (χ4n) is 1.92. The van der Waals surface area contributed by atoms with Gasteiger partial charge in [-0.15, -0.1) is 0 Å². The van der Waals surface area contributed by atoms with Crippen molar-refractivity contribution >= 4 is 11.7 Å². The summed E-state index contributed by atoms with van der Waals surface area (Å²) in [5.41, 5.74) is 2.89. The van der Waals surface area contributed by atoms with Gasteiger partial charge < -0.3 is 15.4 Å². The van der Waals surface area contributed by atoms with Crippen molar-refractivity contribution in [2.45, 2.75) is 13.5 Å². The van der Waals surface area contributed by atoms with Crippen LogP contribution in [0.25, 0.3) is 0 Å². The minimum atomic E-state index is -0.254. The molecule has 0 bridgehead atoms. The Balaban J connectivity index is 1.93. The third-order valence-electron chi connectivity index (χ3n) is 2.89. The fraction of sp³-hybridized carbons (Fsp3) is 0.188.